The third kappa shape index (κ3) is 4.42. The van der Waals surface area contributed by atoms with Crippen LogP contribution in [0.15, 0.2) is 11.1 Å². The molecular formula is C14H21BrN2O2S2. The van der Waals surface area contributed by atoms with Gasteiger partial charge in [-0.1, -0.05) is 56.8 Å². The average molecular weight is 393 g/mol. The van der Waals surface area contributed by atoms with Gasteiger partial charge >= 0.3 is 0 Å². The fourth-order valence-corrected chi connectivity index (χ4v) is 5.64. The van der Waals surface area contributed by atoms with E-state index in [1.54, 1.807) is 33.5 Å². The molecule has 21 heavy (non-hydrogen) atoms. The average Bonchev–Trinajstić information content (AvgIpc) is 3.02. The van der Waals surface area contributed by atoms with Crippen LogP contribution in [0.25, 0.3) is 0 Å². The molecule has 4 nitrogen and oxygen atoms in total. The number of likely N-dealkylation sites (N-methyl/N-ethyl adjacent to an activating group) is 1. The fraction of sp³-hybridized carbons (Fsp3) is 0.714. The number of halogens is 1. The van der Waals surface area contributed by atoms with Gasteiger partial charge in [0.15, 0.2) is 0 Å². The maximum Gasteiger partial charge on any atom is 0.250 e. The van der Waals surface area contributed by atoms with E-state index in [0.717, 1.165) is 23.9 Å². The van der Waals surface area contributed by atoms with Gasteiger partial charge in [-0.25, -0.2) is 0 Å². The highest BCUT2D eigenvalue weighted by molar-refractivity contribution is 9.09. The first-order valence-electron chi connectivity index (χ1n) is 7.30. The number of carbonyl (C=O) groups is 2. The Balaban J connectivity index is 1.71. The maximum atomic E-state index is 12.1. The van der Waals surface area contributed by atoms with Crippen LogP contribution in [0.2, 0.25) is 0 Å². The number of nitrogens with one attached hydrogen (secondary N) is 1. The number of fused-ring (bicyclic) bond motifs is 1. The molecule has 0 aromatic rings. The second-order valence-corrected chi connectivity index (χ2v) is 8.38. The van der Waals surface area contributed by atoms with E-state index in [4.69, 9.17) is 0 Å². The Kier molecular flexibility index (Phi) is 6.95. The maximum absolute atomic E-state index is 12.1. The molecule has 2 atom stereocenters. The predicted molar refractivity (Wildman–Crippen MR) is 93.2 cm³/mol. The Labute approximate surface area is 142 Å². The number of rotatable bonds is 8. The van der Waals surface area contributed by atoms with Gasteiger partial charge in [0.2, 0.25) is 5.91 Å². The number of carbonyl (C=O) groups excluding carboxylic acids is 2. The largest absolute Gasteiger partial charge is 0.343 e. The first-order chi connectivity index (χ1) is 10.1. The van der Waals surface area contributed by atoms with Crippen molar-refractivity contribution in [2.24, 2.45) is 0 Å². The zero-order valence-corrected chi connectivity index (χ0v) is 15.4. The molecule has 0 aromatic heterocycles. The summed E-state index contributed by atoms with van der Waals surface area (Å²) in [5.74, 6) is 0.00529. The summed E-state index contributed by atoms with van der Waals surface area (Å²) in [7, 11) is 5.07. The Hall–Kier alpha value is -0.140. The van der Waals surface area contributed by atoms with Crippen molar-refractivity contribution < 1.29 is 9.59 Å². The van der Waals surface area contributed by atoms with E-state index in [-0.39, 0.29) is 23.1 Å². The van der Waals surface area contributed by atoms with Gasteiger partial charge in [-0.15, -0.1) is 0 Å². The molecule has 2 rings (SSSR count). The van der Waals surface area contributed by atoms with Crippen molar-refractivity contribution in [1.29, 1.82) is 0 Å². The Morgan fingerprint density at radius 3 is 2.81 bits per heavy atom. The summed E-state index contributed by atoms with van der Waals surface area (Å²) in [6.45, 7) is 0. The van der Waals surface area contributed by atoms with Gasteiger partial charge in [0.05, 0.1) is 5.25 Å². The predicted octanol–water partition coefficient (Wildman–Crippen LogP) is 3.28. The minimum Gasteiger partial charge on any atom is -0.343 e. The topological polar surface area (TPSA) is 49.4 Å². The van der Waals surface area contributed by atoms with E-state index in [9.17, 15) is 9.59 Å². The summed E-state index contributed by atoms with van der Waals surface area (Å²) >= 11 is 3.42. The number of unbranched alkanes of at least 4 members (excludes halogenated alkanes) is 4. The van der Waals surface area contributed by atoms with E-state index in [1.807, 2.05) is 5.41 Å². The smallest absolute Gasteiger partial charge is 0.250 e. The number of hydrogen-bond donors (Lipinski definition) is 1. The van der Waals surface area contributed by atoms with Crippen LogP contribution in [-0.2, 0) is 9.59 Å². The molecule has 2 aliphatic rings. The van der Waals surface area contributed by atoms with Gasteiger partial charge in [-0.2, -0.15) is 0 Å². The summed E-state index contributed by atoms with van der Waals surface area (Å²) in [6.07, 6.45) is 6.08. The van der Waals surface area contributed by atoms with Crippen LogP contribution in [0, 0.1) is 0 Å². The summed E-state index contributed by atoms with van der Waals surface area (Å²) in [5.41, 5.74) is 1.02. The summed E-state index contributed by atoms with van der Waals surface area (Å²) < 4.78 is 0. The normalized spacial score (nSPS) is 24.2. The van der Waals surface area contributed by atoms with Crippen LogP contribution in [0.4, 0.5) is 0 Å². The monoisotopic (exact) mass is 392 g/mol. The number of hydrogen-bond acceptors (Lipinski definition) is 4. The summed E-state index contributed by atoms with van der Waals surface area (Å²) in [6, 6.07) is -0.387. The molecule has 2 aliphatic heterocycles. The summed E-state index contributed by atoms with van der Waals surface area (Å²) in [4.78, 5) is 25.8. The highest BCUT2D eigenvalue weighted by atomic mass is 79.9. The summed E-state index contributed by atoms with van der Waals surface area (Å²) in [5, 5.41) is 6.06. The van der Waals surface area contributed by atoms with Crippen molar-refractivity contribution in [3.05, 3.63) is 11.1 Å². The quantitative estimate of drug-likeness (QED) is 0.391. The van der Waals surface area contributed by atoms with Crippen molar-refractivity contribution in [2.75, 3.05) is 12.4 Å². The molecule has 118 valence electrons. The Morgan fingerprint density at radius 1 is 1.33 bits per heavy atom. The van der Waals surface area contributed by atoms with Gasteiger partial charge in [-0.05, 0) is 12.8 Å². The molecule has 7 heteroatoms. The third-order valence-corrected chi connectivity index (χ3v) is 6.73. The van der Waals surface area contributed by atoms with Crippen molar-refractivity contribution in [3.8, 4) is 0 Å². The minimum absolute atomic E-state index is 0.000918. The zero-order chi connectivity index (χ0) is 15.2. The van der Waals surface area contributed by atoms with E-state index < -0.39 is 0 Å². The Morgan fingerprint density at radius 2 is 2.05 bits per heavy atom. The van der Waals surface area contributed by atoms with Crippen LogP contribution in [-0.4, -0.2) is 40.4 Å². The lowest BCUT2D eigenvalue weighted by Crippen LogP contribution is -2.44. The van der Waals surface area contributed by atoms with E-state index >= 15 is 0 Å². The highest BCUT2D eigenvalue weighted by Gasteiger charge is 2.46. The van der Waals surface area contributed by atoms with Crippen molar-refractivity contribution in [2.45, 2.75) is 49.8 Å². The second-order valence-electron chi connectivity index (χ2n) is 5.30. The SMILES string of the molecule is CN1C(=O)C(NC(=O)CCCCCCCBr)C2SSC=C21. The molecule has 1 saturated heterocycles. The number of alkyl halides is 1. The van der Waals surface area contributed by atoms with Gasteiger partial charge in [0.1, 0.15) is 6.04 Å². The lowest BCUT2D eigenvalue weighted by molar-refractivity contribution is -0.131. The number of nitrogens with zero attached hydrogens (tertiary/aromatic N) is 1. The van der Waals surface area contributed by atoms with Gasteiger partial charge in [0, 0.05) is 29.9 Å². The molecule has 0 aliphatic carbocycles. The van der Waals surface area contributed by atoms with Crippen LogP contribution in [0.1, 0.15) is 38.5 Å². The van der Waals surface area contributed by atoms with Crippen LogP contribution in [0.5, 0.6) is 0 Å². The third-order valence-electron chi connectivity index (χ3n) is 3.76. The van der Waals surface area contributed by atoms with Crippen LogP contribution < -0.4 is 5.32 Å². The van der Waals surface area contributed by atoms with Crippen molar-refractivity contribution in [1.82, 2.24) is 10.2 Å². The minimum atomic E-state index is -0.387. The molecule has 0 saturated carbocycles. The first kappa shape index (κ1) is 17.2. The molecule has 2 heterocycles. The number of likely N-dealkylation sites (tertiary alicyclic amines) is 1. The molecule has 2 amide bonds. The molecule has 1 N–H and O–H groups in total. The number of amides is 2. The first-order valence-corrected chi connectivity index (χ1v) is 10.7. The molecule has 0 aromatic carbocycles. The van der Waals surface area contributed by atoms with E-state index in [0.29, 0.717) is 6.42 Å². The van der Waals surface area contributed by atoms with Crippen molar-refractivity contribution in [3.63, 3.8) is 0 Å². The van der Waals surface area contributed by atoms with E-state index in [2.05, 4.69) is 21.2 Å². The highest BCUT2D eigenvalue weighted by Crippen LogP contribution is 2.46. The van der Waals surface area contributed by atoms with Gasteiger partial charge < -0.3 is 10.2 Å². The molecule has 0 radical (unpaired) electrons. The molecular weight excluding hydrogens is 372 g/mol. The van der Waals surface area contributed by atoms with E-state index in [1.165, 1.54) is 19.3 Å². The van der Waals surface area contributed by atoms with Gasteiger partial charge in [-0.3, -0.25) is 9.59 Å². The van der Waals surface area contributed by atoms with Gasteiger partial charge in [0.25, 0.3) is 5.91 Å². The second kappa shape index (κ2) is 8.48. The standard InChI is InChI=1S/C14H21BrN2O2S2/c1-17-10-9-20-21-13(10)12(14(17)19)16-11(18)7-5-3-2-4-6-8-15/h9,12-13H,2-8H2,1H3,(H,16,18). The van der Waals surface area contributed by atoms with Crippen LogP contribution >= 0.6 is 37.5 Å². The fourth-order valence-electron chi connectivity index (χ4n) is 2.51. The zero-order valence-electron chi connectivity index (χ0n) is 12.1. The van der Waals surface area contributed by atoms with Crippen molar-refractivity contribution >= 4 is 49.3 Å². The Bertz CT molecular complexity index is 431. The molecule has 2 unspecified atom stereocenters. The molecule has 0 spiro atoms. The molecule has 0 bridgehead atoms. The lowest BCUT2D eigenvalue weighted by atomic mass is 10.1. The lowest BCUT2D eigenvalue weighted by Gasteiger charge is -2.15. The molecule has 1 fully saturated rings. The van der Waals surface area contributed by atoms with Crippen LogP contribution in [0.3, 0.4) is 0 Å².